The van der Waals surface area contributed by atoms with Crippen molar-refractivity contribution in [3.8, 4) is 6.07 Å². The molecular weight excluding hydrogens is 270 g/mol. The summed E-state index contributed by atoms with van der Waals surface area (Å²) >= 11 is 1.69. The Morgan fingerprint density at radius 3 is 2.75 bits per heavy atom. The first-order valence-electron chi connectivity index (χ1n) is 6.57. The van der Waals surface area contributed by atoms with Crippen molar-refractivity contribution in [1.29, 1.82) is 5.26 Å². The molecule has 2 aromatic rings. The molecule has 0 saturated carbocycles. The molecule has 1 aliphatic rings. The van der Waals surface area contributed by atoms with Gasteiger partial charge in [0, 0.05) is 50.5 Å². The maximum absolute atomic E-state index is 8.87. The molecule has 0 spiro atoms. The monoisotopic (exact) mass is 285 g/mol. The number of pyridine rings is 1. The second-order valence-corrected chi connectivity index (χ2v) is 5.61. The molecule has 0 aromatic carbocycles. The highest BCUT2D eigenvalue weighted by Gasteiger charge is 2.18. The minimum absolute atomic E-state index is 0.490. The number of anilines is 1. The molecule has 2 aromatic heterocycles. The Hall–Kier alpha value is -1.97. The van der Waals surface area contributed by atoms with Crippen molar-refractivity contribution in [2.24, 2.45) is 0 Å². The minimum Gasteiger partial charge on any atom is -0.346 e. The number of rotatable bonds is 3. The molecule has 0 N–H and O–H groups in total. The van der Waals surface area contributed by atoms with Crippen molar-refractivity contribution >= 4 is 16.5 Å². The fraction of sp³-hybridized carbons (Fsp3) is 0.357. The van der Waals surface area contributed by atoms with Gasteiger partial charge in [0.2, 0.25) is 0 Å². The van der Waals surface area contributed by atoms with E-state index in [4.69, 9.17) is 5.26 Å². The lowest BCUT2D eigenvalue weighted by Gasteiger charge is -2.34. The molecule has 0 bridgehead atoms. The third-order valence-corrected chi connectivity index (χ3v) is 4.24. The van der Waals surface area contributed by atoms with E-state index in [1.807, 2.05) is 23.7 Å². The maximum Gasteiger partial charge on any atom is 0.185 e. The number of thiazole rings is 1. The van der Waals surface area contributed by atoms with E-state index in [2.05, 4.69) is 25.8 Å². The predicted octanol–water partition coefficient (Wildman–Crippen LogP) is 1.73. The fourth-order valence-corrected chi connectivity index (χ4v) is 3.06. The zero-order valence-corrected chi connectivity index (χ0v) is 11.9. The lowest BCUT2D eigenvalue weighted by Crippen LogP contribution is -2.45. The van der Waals surface area contributed by atoms with Crippen LogP contribution in [0.2, 0.25) is 0 Å². The zero-order valence-electron chi connectivity index (χ0n) is 11.1. The van der Waals surface area contributed by atoms with Crippen LogP contribution in [0.3, 0.4) is 0 Å². The summed E-state index contributed by atoms with van der Waals surface area (Å²) in [7, 11) is 0. The van der Waals surface area contributed by atoms with Gasteiger partial charge in [-0.1, -0.05) is 0 Å². The van der Waals surface area contributed by atoms with Crippen LogP contribution in [0.15, 0.2) is 29.9 Å². The Bertz CT molecular complexity index is 596. The molecule has 1 fully saturated rings. The van der Waals surface area contributed by atoms with Gasteiger partial charge in [0.1, 0.15) is 11.8 Å². The van der Waals surface area contributed by atoms with Crippen molar-refractivity contribution in [2.45, 2.75) is 6.54 Å². The van der Waals surface area contributed by atoms with Gasteiger partial charge < -0.3 is 4.90 Å². The standard InChI is InChI=1S/C14H15N5S/c15-10-13-9-12(1-2-16-13)11-18-4-6-19(7-5-18)14-17-3-8-20-14/h1-3,8-9H,4-7,11H2. The van der Waals surface area contributed by atoms with E-state index in [0.29, 0.717) is 5.69 Å². The first kappa shape index (κ1) is 13.0. The number of hydrogen-bond acceptors (Lipinski definition) is 6. The Morgan fingerprint density at radius 1 is 1.20 bits per heavy atom. The number of aromatic nitrogens is 2. The average Bonchev–Trinajstić information content (AvgIpc) is 3.02. The average molecular weight is 285 g/mol. The normalized spacial score (nSPS) is 16.1. The maximum atomic E-state index is 8.87. The van der Waals surface area contributed by atoms with Crippen molar-refractivity contribution < 1.29 is 0 Å². The molecule has 102 valence electrons. The molecule has 1 aliphatic heterocycles. The third kappa shape index (κ3) is 2.95. The van der Waals surface area contributed by atoms with Gasteiger partial charge in [-0.3, -0.25) is 4.90 Å². The van der Waals surface area contributed by atoms with Gasteiger partial charge in [-0.05, 0) is 17.7 Å². The Morgan fingerprint density at radius 2 is 2.05 bits per heavy atom. The lowest BCUT2D eigenvalue weighted by molar-refractivity contribution is 0.249. The smallest absolute Gasteiger partial charge is 0.185 e. The molecular formula is C14H15N5S. The van der Waals surface area contributed by atoms with Crippen molar-refractivity contribution in [1.82, 2.24) is 14.9 Å². The SMILES string of the molecule is N#Cc1cc(CN2CCN(c3nccs3)CC2)ccn1. The van der Waals surface area contributed by atoms with Crippen LogP contribution in [-0.2, 0) is 6.54 Å². The van der Waals surface area contributed by atoms with Gasteiger partial charge in [-0.15, -0.1) is 11.3 Å². The molecule has 0 atom stereocenters. The van der Waals surface area contributed by atoms with Crippen LogP contribution in [0.25, 0.3) is 0 Å². The molecule has 0 unspecified atom stereocenters. The largest absolute Gasteiger partial charge is 0.346 e. The van der Waals surface area contributed by atoms with E-state index < -0.39 is 0 Å². The molecule has 1 saturated heterocycles. The number of hydrogen-bond donors (Lipinski definition) is 0. The highest BCUT2D eigenvalue weighted by Crippen LogP contribution is 2.19. The van der Waals surface area contributed by atoms with Crippen LogP contribution in [0, 0.1) is 11.3 Å². The minimum atomic E-state index is 0.490. The molecule has 3 heterocycles. The predicted molar refractivity (Wildman–Crippen MR) is 78.6 cm³/mol. The summed E-state index contributed by atoms with van der Waals surface area (Å²) in [4.78, 5) is 13.1. The van der Waals surface area contributed by atoms with Crippen LogP contribution in [-0.4, -0.2) is 41.0 Å². The van der Waals surface area contributed by atoms with E-state index in [-0.39, 0.29) is 0 Å². The van der Waals surface area contributed by atoms with Gasteiger partial charge >= 0.3 is 0 Å². The molecule has 20 heavy (non-hydrogen) atoms. The van der Waals surface area contributed by atoms with Gasteiger partial charge in [-0.2, -0.15) is 5.26 Å². The van der Waals surface area contributed by atoms with Gasteiger partial charge in [0.05, 0.1) is 0 Å². The quantitative estimate of drug-likeness (QED) is 0.859. The molecule has 5 nitrogen and oxygen atoms in total. The molecule has 3 rings (SSSR count). The summed E-state index contributed by atoms with van der Waals surface area (Å²) in [6.45, 7) is 4.92. The fourth-order valence-electron chi connectivity index (χ4n) is 2.36. The first-order valence-corrected chi connectivity index (χ1v) is 7.45. The van der Waals surface area contributed by atoms with E-state index in [0.717, 1.165) is 43.4 Å². The van der Waals surface area contributed by atoms with E-state index >= 15 is 0 Å². The zero-order chi connectivity index (χ0) is 13.8. The summed E-state index contributed by atoms with van der Waals surface area (Å²) in [5.41, 5.74) is 1.64. The van der Waals surface area contributed by atoms with Crippen molar-refractivity contribution in [3.05, 3.63) is 41.2 Å². The van der Waals surface area contributed by atoms with Crippen LogP contribution in [0.1, 0.15) is 11.3 Å². The van der Waals surface area contributed by atoms with E-state index in [1.54, 1.807) is 17.5 Å². The van der Waals surface area contributed by atoms with Gasteiger partial charge in [0.15, 0.2) is 5.13 Å². The first-order chi connectivity index (χ1) is 9.85. The van der Waals surface area contributed by atoms with Crippen LogP contribution in [0.5, 0.6) is 0 Å². The number of nitriles is 1. The second kappa shape index (κ2) is 5.99. The van der Waals surface area contributed by atoms with Crippen molar-refractivity contribution in [2.75, 3.05) is 31.1 Å². The molecule has 0 aliphatic carbocycles. The highest BCUT2D eigenvalue weighted by atomic mass is 32.1. The van der Waals surface area contributed by atoms with Crippen molar-refractivity contribution in [3.63, 3.8) is 0 Å². The number of piperazine rings is 1. The van der Waals surface area contributed by atoms with Gasteiger partial charge in [0.25, 0.3) is 0 Å². The molecule has 6 heteroatoms. The van der Waals surface area contributed by atoms with E-state index in [9.17, 15) is 0 Å². The van der Waals surface area contributed by atoms with E-state index in [1.165, 1.54) is 0 Å². The topological polar surface area (TPSA) is 56.1 Å². The Kier molecular flexibility index (Phi) is 3.90. The summed E-state index contributed by atoms with van der Waals surface area (Å²) in [6, 6.07) is 5.93. The number of nitrogens with zero attached hydrogens (tertiary/aromatic N) is 5. The third-order valence-electron chi connectivity index (χ3n) is 3.41. The summed E-state index contributed by atoms with van der Waals surface area (Å²) in [5, 5.41) is 12.0. The highest BCUT2D eigenvalue weighted by molar-refractivity contribution is 7.13. The van der Waals surface area contributed by atoms with Gasteiger partial charge in [-0.25, -0.2) is 9.97 Å². The van der Waals surface area contributed by atoms with Crippen LogP contribution < -0.4 is 4.90 Å². The molecule has 0 radical (unpaired) electrons. The lowest BCUT2D eigenvalue weighted by atomic mass is 10.2. The summed E-state index contributed by atoms with van der Waals surface area (Å²) in [6.07, 6.45) is 3.56. The second-order valence-electron chi connectivity index (χ2n) is 4.74. The summed E-state index contributed by atoms with van der Waals surface area (Å²) in [5.74, 6) is 0. The van der Waals surface area contributed by atoms with Crippen LogP contribution in [0.4, 0.5) is 5.13 Å². The molecule has 0 amide bonds. The van der Waals surface area contributed by atoms with Crippen LogP contribution >= 0.6 is 11.3 Å². The Labute approximate surface area is 122 Å². The summed E-state index contributed by atoms with van der Waals surface area (Å²) < 4.78 is 0. The Balaban J connectivity index is 1.57.